The van der Waals surface area contributed by atoms with E-state index in [9.17, 15) is 4.79 Å². The van der Waals surface area contributed by atoms with Crippen LogP contribution in [0.2, 0.25) is 5.02 Å². The lowest BCUT2D eigenvalue weighted by Crippen LogP contribution is -2.35. The SMILES string of the molecule is CC1COCCC1C(=O)Nc1ccc(N)cc1Cl. The highest BCUT2D eigenvalue weighted by molar-refractivity contribution is 6.34. The summed E-state index contributed by atoms with van der Waals surface area (Å²) >= 11 is 6.03. The van der Waals surface area contributed by atoms with Gasteiger partial charge in [-0.3, -0.25) is 4.79 Å². The lowest BCUT2D eigenvalue weighted by Gasteiger charge is -2.27. The number of ether oxygens (including phenoxy) is 1. The van der Waals surface area contributed by atoms with Gasteiger partial charge in [-0.05, 0) is 30.5 Å². The van der Waals surface area contributed by atoms with Gasteiger partial charge < -0.3 is 15.8 Å². The van der Waals surface area contributed by atoms with E-state index in [1.807, 2.05) is 6.92 Å². The number of anilines is 2. The summed E-state index contributed by atoms with van der Waals surface area (Å²) < 4.78 is 5.33. The molecule has 1 aliphatic heterocycles. The maximum absolute atomic E-state index is 12.2. The van der Waals surface area contributed by atoms with Gasteiger partial charge in [0.05, 0.1) is 10.7 Å². The molecule has 5 heteroatoms. The Morgan fingerprint density at radius 3 is 3.00 bits per heavy atom. The molecule has 1 saturated heterocycles. The molecule has 98 valence electrons. The van der Waals surface area contributed by atoms with Crippen molar-refractivity contribution in [2.45, 2.75) is 13.3 Å². The lowest BCUT2D eigenvalue weighted by molar-refractivity contribution is -0.125. The van der Waals surface area contributed by atoms with Crippen LogP contribution in [0.15, 0.2) is 18.2 Å². The molecule has 2 rings (SSSR count). The minimum atomic E-state index is -0.0210. The quantitative estimate of drug-likeness (QED) is 0.810. The van der Waals surface area contributed by atoms with Crippen LogP contribution in [0.3, 0.4) is 0 Å². The molecule has 0 aromatic heterocycles. The van der Waals surface area contributed by atoms with E-state index in [1.165, 1.54) is 0 Å². The molecule has 0 bridgehead atoms. The molecule has 0 saturated carbocycles. The molecule has 1 aromatic rings. The summed E-state index contributed by atoms with van der Waals surface area (Å²) in [6, 6.07) is 5.07. The maximum atomic E-state index is 12.2. The number of carbonyl (C=O) groups is 1. The van der Waals surface area contributed by atoms with Crippen LogP contribution in [0, 0.1) is 11.8 Å². The second kappa shape index (κ2) is 5.59. The minimum absolute atomic E-state index is 0.00234. The van der Waals surface area contributed by atoms with Crippen LogP contribution in [0.1, 0.15) is 13.3 Å². The predicted molar refractivity (Wildman–Crippen MR) is 72.6 cm³/mol. The Morgan fingerprint density at radius 1 is 1.56 bits per heavy atom. The Balaban J connectivity index is 2.06. The van der Waals surface area contributed by atoms with Gasteiger partial charge in [0, 0.05) is 24.8 Å². The second-order valence-corrected chi connectivity index (χ2v) is 5.08. The molecular formula is C13H17ClN2O2. The number of amides is 1. The standard InChI is InChI=1S/C13H17ClN2O2/c1-8-7-18-5-4-10(8)13(17)16-12-3-2-9(15)6-11(12)14/h2-3,6,8,10H,4-5,7,15H2,1H3,(H,16,17). The summed E-state index contributed by atoms with van der Waals surface area (Å²) in [5.74, 6) is 0.205. The summed E-state index contributed by atoms with van der Waals surface area (Å²) in [5.41, 5.74) is 6.80. The summed E-state index contributed by atoms with van der Waals surface area (Å²) in [5, 5.41) is 3.32. The van der Waals surface area contributed by atoms with Crippen molar-refractivity contribution in [3.63, 3.8) is 0 Å². The van der Waals surface area contributed by atoms with Gasteiger partial charge in [0.2, 0.25) is 5.91 Å². The zero-order valence-electron chi connectivity index (χ0n) is 10.3. The van der Waals surface area contributed by atoms with E-state index < -0.39 is 0 Å². The van der Waals surface area contributed by atoms with Crippen molar-refractivity contribution >= 4 is 28.9 Å². The lowest BCUT2D eigenvalue weighted by atomic mass is 9.89. The van der Waals surface area contributed by atoms with Gasteiger partial charge in [0.1, 0.15) is 0 Å². The third-order valence-electron chi connectivity index (χ3n) is 3.23. The van der Waals surface area contributed by atoms with Gasteiger partial charge in [-0.25, -0.2) is 0 Å². The van der Waals surface area contributed by atoms with E-state index in [4.69, 9.17) is 22.1 Å². The largest absolute Gasteiger partial charge is 0.399 e. The number of nitrogens with two attached hydrogens (primary N) is 1. The molecule has 1 amide bonds. The van der Waals surface area contributed by atoms with Gasteiger partial charge in [-0.1, -0.05) is 18.5 Å². The van der Waals surface area contributed by atoms with Crippen molar-refractivity contribution in [3.05, 3.63) is 23.2 Å². The van der Waals surface area contributed by atoms with E-state index in [2.05, 4.69) is 5.32 Å². The fraction of sp³-hybridized carbons (Fsp3) is 0.462. The minimum Gasteiger partial charge on any atom is -0.399 e. The van der Waals surface area contributed by atoms with E-state index >= 15 is 0 Å². The molecule has 4 nitrogen and oxygen atoms in total. The molecule has 0 radical (unpaired) electrons. The van der Waals surface area contributed by atoms with Gasteiger partial charge in [-0.15, -0.1) is 0 Å². The topological polar surface area (TPSA) is 64.3 Å². The number of nitrogen functional groups attached to an aromatic ring is 1. The van der Waals surface area contributed by atoms with Gasteiger partial charge in [0.15, 0.2) is 0 Å². The van der Waals surface area contributed by atoms with Crippen LogP contribution < -0.4 is 11.1 Å². The molecule has 1 aliphatic rings. The summed E-state index contributed by atoms with van der Waals surface area (Å²) in [6.07, 6.45) is 0.750. The molecule has 2 unspecified atom stereocenters. The van der Waals surface area contributed by atoms with E-state index in [-0.39, 0.29) is 17.7 Å². The van der Waals surface area contributed by atoms with E-state index in [0.717, 1.165) is 6.42 Å². The molecule has 0 spiro atoms. The molecule has 2 atom stereocenters. The molecule has 1 fully saturated rings. The molecule has 3 N–H and O–H groups in total. The number of hydrogen-bond donors (Lipinski definition) is 2. The van der Waals surface area contributed by atoms with Crippen molar-refractivity contribution in [3.8, 4) is 0 Å². The number of hydrogen-bond acceptors (Lipinski definition) is 3. The van der Waals surface area contributed by atoms with Gasteiger partial charge in [0.25, 0.3) is 0 Å². The number of benzene rings is 1. The molecule has 0 aliphatic carbocycles. The molecule has 1 heterocycles. The second-order valence-electron chi connectivity index (χ2n) is 4.68. The van der Waals surface area contributed by atoms with Gasteiger partial charge in [-0.2, -0.15) is 0 Å². The van der Waals surface area contributed by atoms with Crippen LogP contribution in [-0.2, 0) is 9.53 Å². The smallest absolute Gasteiger partial charge is 0.227 e. The normalized spacial score (nSPS) is 23.7. The monoisotopic (exact) mass is 268 g/mol. The maximum Gasteiger partial charge on any atom is 0.227 e. The van der Waals surface area contributed by atoms with E-state index in [0.29, 0.717) is 29.6 Å². The average Bonchev–Trinajstić information content (AvgIpc) is 2.33. The third kappa shape index (κ3) is 2.94. The Hall–Kier alpha value is -1.26. The van der Waals surface area contributed by atoms with Gasteiger partial charge >= 0.3 is 0 Å². The number of carbonyl (C=O) groups excluding carboxylic acids is 1. The number of nitrogens with one attached hydrogen (secondary N) is 1. The Labute approximate surface area is 111 Å². The summed E-state index contributed by atoms with van der Waals surface area (Å²) in [6.45, 7) is 3.29. The van der Waals surface area contributed by atoms with Crippen molar-refractivity contribution < 1.29 is 9.53 Å². The van der Waals surface area contributed by atoms with Crippen molar-refractivity contribution in [2.24, 2.45) is 11.8 Å². The van der Waals surface area contributed by atoms with Crippen molar-refractivity contribution in [1.29, 1.82) is 0 Å². The first-order valence-corrected chi connectivity index (χ1v) is 6.39. The zero-order valence-corrected chi connectivity index (χ0v) is 11.0. The Kier molecular flexibility index (Phi) is 4.09. The Bertz CT molecular complexity index is 451. The molecule has 18 heavy (non-hydrogen) atoms. The van der Waals surface area contributed by atoms with Crippen molar-refractivity contribution in [2.75, 3.05) is 24.3 Å². The predicted octanol–water partition coefficient (Wildman–Crippen LogP) is 2.53. The summed E-state index contributed by atoms with van der Waals surface area (Å²) in [7, 11) is 0. The average molecular weight is 269 g/mol. The Morgan fingerprint density at radius 2 is 2.33 bits per heavy atom. The van der Waals surface area contributed by atoms with Crippen LogP contribution in [0.4, 0.5) is 11.4 Å². The summed E-state index contributed by atoms with van der Waals surface area (Å²) in [4.78, 5) is 12.2. The van der Waals surface area contributed by atoms with Crippen LogP contribution in [0.25, 0.3) is 0 Å². The molecular weight excluding hydrogens is 252 g/mol. The first kappa shape index (κ1) is 13.2. The first-order valence-electron chi connectivity index (χ1n) is 6.01. The highest BCUT2D eigenvalue weighted by atomic mass is 35.5. The molecule has 1 aromatic carbocycles. The van der Waals surface area contributed by atoms with Crippen LogP contribution in [-0.4, -0.2) is 19.1 Å². The number of rotatable bonds is 2. The van der Waals surface area contributed by atoms with E-state index in [1.54, 1.807) is 18.2 Å². The fourth-order valence-corrected chi connectivity index (χ4v) is 2.36. The zero-order chi connectivity index (χ0) is 13.1. The van der Waals surface area contributed by atoms with Crippen LogP contribution >= 0.6 is 11.6 Å². The highest BCUT2D eigenvalue weighted by Gasteiger charge is 2.28. The third-order valence-corrected chi connectivity index (χ3v) is 3.54. The van der Waals surface area contributed by atoms with Crippen molar-refractivity contribution in [1.82, 2.24) is 0 Å². The number of halogens is 1. The highest BCUT2D eigenvalue weighted by Crippen LogP contribution is 2.27. The van der Waals surface area contributed by atoms with Crippen LogP contribution in [0.5, 0.6) is 0 Å². The fourth-order valence-electron chi connectivity index (χ4n) is 2.13. The first-order chi connectivity index (χ1) is 8.58.